The molecule has 1 aromatic carbocycles. The Morgan fingerprint density at radius 1 is 1.52 bits per heavy atom. The van der Waals surface area contributed by atoms with Crippen molar-refractivity contribution in [2.45, 2.75) is 38.8 Å². The molecule has 1 saturated heterocycles. The first-order valence-corrected chi connectivity index (χ1v) is 7.41. The van der Waals surface area contributed by atoms with Gasteiger partial charge in [-0.1, -0.05) is 6.07 Å². The summed E-state index contributed by atoms with van der Waals surface area (Å²) in [5, 5.41) is 3.37. The third-order valence-corrected chi connectivity index (χ3v) is 3.87. The Morgan fingerprint density at radius 2 is 2.29 bits per heavy atom. The number of halogens is 1. The highest BCUT2D eigenvalue weighted by molar-refractivity contribution is 5.97. The van der Waals surface area contributed by atoms with Crippen molar-refractivity contribution in [2.75, 3.05) is 20.2 Å². The molecule has 1 aliphatic rings. The minimum Gasteiger partial charge on any atom is -0.496 e. The molecule has 0 aliphatic carbocycles. The Labute approximate surface area is 125 Å². The normalized spacial score (nSPS) is 18.0. The van der Waals surface area contributed by atoms with E-state index >= 15 is 0 Å². The van der Waals surface area contributed by atoms with Crippen molar-refractivity contribution < 1.29 is 13.9 Å². The van der Waals surface area contributed by atoms with E-state index in [2.05, 4.69) is 5.32 Å². The highest BCUT2D eigenvalue weighted by Gasteiger charge is 2.28. The predicted molar refractivity (Wildman–Crippen MR) is 80.1 cm³/mol. The monoisotopic (exact) mass is 294 g/mol. The molecule has 0 aromatic heterocycles. The quantitative estimate of drug-likeness (QED) is 0.907. The molecular weight excluding hydrogens is 271 g/mol. The number of hydrogen-bond donors (Lipinski definition) is 1. The van der Waals surface area contributed by atoms with Gasteiger partial charge in [-0.25, -0.2) is 4.39 Å². The summed E-state index contributed by atoms with van der Waals surface area (Å²) in [6.45, 7) is 5.46. The molecule has 1 fully saturated rings. The van der Waals surface area contributed by atoms with Crippen LogP contribution in [0.2, 0.25) is 0 Å². The molecule has 1 aliphatic heterocycles. The molecule has 2 rings (SSSR count). The molecule has 1 unspecified atom stereocenters. The van der Waals surface area contributed by atoms with Gasteiger partial charge in [-0.05, 0) is 45.4 Å². The fraction of sp³-hybridized carbons (Fsp3) is 0.562. The Morgan fingerprint density at radius 3 is 2.86 bits per heavy atom. The van der Waals surface area contributed by atoms with E-state index in [-0.39, 0.29) is 29.3 Å². The number of hydrogen-bond acceptors (Lipinski definition) is 3. The molecule has 0 spiro atoms. The standard InChI is InChI=1S/C16H23FN2O2/c1-11(2)19(10-12-6-5-9-18-12)16(20)15-13(17)7-4-8-14(15)21-3/h4,7-8,11-12,18H,5-6,9-10H2,1-3H3. The molecular formula is C16H23FN2O2. The van der Waals surface area contributed by atoms with Crippen molar-refractivity contribution in [1.29, 1.82) is 0 Å². The van der Waals surface area contributed by atoms with Crippen LogP contribution < -0.4 is 10.1 Å². The van der Waals surface area contributed by atoms with Crippen molar-refractivity contribution >= 4 is 5.91 Å². The molecule has 0 bridgehead atoms. The summed E-state index contributed by atoms with van der Waals surface area (Å²) >= 11 is 0. The van der Waals surface area contributed by atoms with Crippen LogP contribution in [0.4, 0.5) is 4.39 Å². The van der Waals surface area contributed by atoms with Crippen molar-refractivity contribution in [3.05, 3.63) is 29.6 Å². The van der Waals surface area contributed by atoms with Crippen LogP contribution in [0.5, 0.6) is 5.75 Å². The number of amides is 1. The molecule has 5 heteroatoms. The Balaban J connectivity index is 2.25. The van der Waals surface area contributed by atoms with Gasteiger partial charge in [-0.15, -0.1) is 0 Å². The topological polar surface area (TPSA) is 41.6 Å². The van der Waals surface area contributed by atoms with Crippen LogP contribution in [-0.2, 0) is 0 Å². The van der Waals surface area contributed by atoms with Gasteiger partial charge in [0.1, 0.15) is 17.1 Å². The van der Waals surface area contributed by atoms with Crippen LogP contribution in [0.25, 0.3) is 0 Å². The molecule has 116 valence electrons. The van der Waals surface area contributed by atoms with Crippen molar-refractivity contribution in [3.8, 4) is 5.75 Å². The molecule has 1 atom stereocenters. The maximum atomic E-state index is 14.1. The number of nitrogens with one attached hydrogen (secondary N) is 1. The Bertz CT molecular complexity index is 499. The van der Waals surface area contributed by atoms with E-state index in [0.717, 1.165) is 19.4 Å². The number of carbonyl (C=O) groups is 1. The highest BCUT2D eigenvalue weighted by atomic mass is 19.1. The van der Waals surface area contributed by atoms with Gasteiger partial charge in [0.15, 0.2) is 0 Å². The van der Waals surface area contributed by atoms with Crippen molar-refractivity contribution in [3.63, 3.8) is 0 Å². The summed E-state index contributed by atoms with van der Waals surface area (Å²) in [7, 11) is 1.45. The van der Waals surface area contributed by atoms with Gasteiger partial charge < -0.3 is 15.0 Å². The molecule has 1 amide bonds. The predicted octanol–water partition coefficient (Wildman–Crippen LogP) is 2.44. The summed E-state index contributed by atoms with van der Waals surface area (Å²) in [4.78, 5) is 14.5. The molecule has 21 heavy (non-hydrogen) atoms. The third kappa shape index (κ3) is 3.53. The lowest BCUT2D eigenvalue weighted by Crippen LogP contribution is -2.45. The first-order valence-electron chi connectivity index (χ1n) is 7.41. The number of benzene rings is 1. The lowest BCUT2D eigenvalue weighted by Gasteiger charge is -2.30. The van der Waals surface area contributed by atoms with Crippen LogP contribution in [0.1, 0.15) is 37.0 Å². The lowest BCUT2D eigenvalue weighted by molar-refractivity contribution is 0.0680. The highest BCUT2D eigenvalue weighted by Crippen LogP contribution is 2.24. The molecule has 1 heterocycles. The van der Waals surface area contributed by atoms with Gasteiger partial charge in [-0.2, -0.15) is 0 Å². The molecule has 4 nitrogen and oxygen atoms in total. The van der Waals surface area contributed by atoms with E-state index in [9.17, 15) is 9.18 Å². The van der Waals surface area contributed by atoms with E-state index in [4.69, 9.17) is 4.74 Å². The van der Waals surface area contributed by atoms with E-state index in [1.54, 1.807) is 17.0 Å². The fourth-order valence-electron chi connectivity index (χ4n) is 2.70. The molecule has 1 N–H and O–H groups in total. The maximum absolute atomic E-state index is 14.1. The van der Waals surface area contributed by atoms with Gasteiger partial charge in [-0.3, -0.25) is 4.79 Å². The maximum Gasteiger partial charge on any atom is 0.260 e. The van der Waals surface area contributed by atoms with Crippen LogP contribution in [0, 0.1) is 5.82 Å². The summed E-state index contributed by atoms with van der Waals surface area (Å²) in [6, 6.07) is 4.74. The largest absolute Gasteiger partial charge is 0.496 e. The van der Waals surface area contributed by atoms with E-state index < -0.39 is 5.82 Å². The smallest absolute Gasteiger partial charge is 0.260 e. The summed E-state index contributed by atoms with van der Waals surface area (Å²) in [5.41, 5.74) is 0.0201. The average molecular weight is 294 g/mol. The van der Waals surface area contributed by atoms with Gasteiger partial charge in [0.05, 0.1) is 7.11 Å². The molecule has 0 saturated carbocycles. The minimum absolute atomic E-state index is 0.00390. The van der Waals surface area contributed by atoms with Gasteiger partial charge in [0, 0.05) is 18.6 Å². The van der Waals surface area contributed by atoms with E-state index in [0.29, 0.717) is 6.54 Å². The van der Waals surface area contributed by atoms with Gasteiger partial charge >= 0.3 is 0 Å². The molecule has 1 aromatic rings. The zero-order valence-corrected chi connectivity index (χ0v) is 12.9. The second-order valence-corrected chi connectivity index (χ2v) is 5.66. The van der Waals surface area contributed by atoms with Crippen LogP contribution in [0.15, 0.2) is 18.2 Å². The second-order valence-electron chi connectivity index (χ2n) is 5.66. The number of methoxy groups -OCH3 is 1. The number of carbonyl (C=O) groups excluding carboxylic acids is 1. The second kappa shape index (κ2) is 6.89. The zero-order chi connectivity index (χ0) is 15.4. The number of ether oxygens (including phenoxy) is 1. The Kier molecular flexibility index (Phi) is 5.17. The number of nitrogens with zero attached hydrogens (tertiary/aromatic N) is 1. The van der Waals surface area contributed by atoms with Crippen molar-refractivity contribution in [1.82, 2.24) is 10.2 Å². The minimum atomic E-state index is -0.538. The lowest BCUT2D eigenvalue weighted by atomic mass is 10.1. The summed E-state index contributed by atoms with van der Waals surface area (Å²) in [5.74, 6) is -0.567. The van der Waals surface area contributed by atoms with Gasteiger partial charge in [0.25, 0.3) is 5.91 Å². The van der Waals surface area contributed by atoms with E-state index in [1.165, 1.54) is 13.2 Å². The summed E-state index contributed by atoms with van der Waals surface area (Å²) in [6.07, 6.45) is 2.17. The molecule has 0 radical (unpaired) electrons. The van der Waals surface area contributed by atoms with Crippen LogP contribution >= 0.6 is 0 Å². The SMILES string of the molecule is COc1cccc(F)c1C(=O)N(CC1CCCN1)C(C)C. The van der Waals surface area contributed by atoms with Crippen LogP contribution in [0.3, 0.4) is 0 Å². The number of rotatable bonds is 5. The van der Waals surface area contributed by atoms with E-state index in [1.807, 2.05) is 13.8 Å². The first kappa shape index (κ1) is 15.8. The van der Waals surface area contributed by atoms with Crippen LogP contribution in [-0.4, -0.2) is 43.1 Å². The van der Waals surface area contributed by atoms with Crippen molar-refractivity contribution in [2.24, 2.45) is 0 Å². The Hall–Kier alpha value is -1.62. The first-order chi connectivity index (χ1) is 10.0. The van der Waals surface area contributed by atoms with Gasteiger partial charge in [0.2, 0.25) is 0 Å². The zero-order valence-electron chi connectivity index (χ0n) is 12.9. The average Bonchev–Trinajstić information content (AvgIpc) is 2.96. The summed E-state index contributed by atoms with van der Waals surface area (Å²) < 4.78 is 19.2. The third-order valence-electron chi connectivity index (χ3n) is 3.87. The fourth-order valence-corrected chi connectivity index (χ4v) is 2.70.